The van der Waals surface area contributed by atoms with Crippen molar-refractivity contribution < 1.29 is 19.1 Å². The van der Waals surface area contributed by atoms with Crippen LogP contribution in [-0.2, 0) is 4.74 Å². The summed E-state index contributed by atoms with van der Waals surface area (Å²) in [5.41, 5.74) is 2.96. The first kappa shape index (κ1) is 17.5. The van der Waals surface area contributed by atoms with Crippen molar-refractivity contribution in [1.82, 2.24) is 4.98 Å². The predicted octanol–water partition coefficient (Wildman–Crippen LogP) is 3.26. The van der Waals surface area contributed by atoms with E-state index in [1.807, 2.05) is 0 Å². The number of H-pyrrole nitrogens is 1. The molecule has 0 fully saturated rings. The zero-order chi connectivity index (χ0) is 17.9. The Balaban J connectivity index is 2.25. The number of rotatable bonds is 5. The van der Waals surface area contributed by atoms with Gasteiger partial charge in [0.1, 0.15) is 5.69 Å². The van der Waals surface area contributed by atoms with Crippen molar-refractivity contribution >= 4 is 23.3 Å². The summed E-state index contributed by atoms with van der Waals surface area (Å²) in [6.07, 6.45) is 0. The number of benzene rings is 1. The SMILES string of the molecule is CCOC(=O)c1cccc(NC(=O)c2[nH]c(C)c(C(C)=O)c2C)c1. The van der Waals surface area contributed by atoms with Crippen molar-refractivity contribution in [3.05, 3.63) is 52.3 Å². The van der Waals surface area contributed by atoms with E-state index in [1.165, 1.54) is 6.92 Å². The van der Waals surface area contributed by atoms with Crippen LogP contribution in [0.4, 0.5) is 5.69 Å². The van der Waals surface area contributed by atoms with Crippen molar-refractivity contribution in [2.75, 3.05) is 11.9 Å². The highest BCUT2D eigenvalue weighted by atomic mass is 16.5. The van der Waals surface area contributed by atoms with Gasteiger partial charge in [-0.15, -0.1) is 0 Å². The van der Waals surface area contributed by atoms with Gasteiger partial charge in [0.05, 0.1) is 12.2 Å². The van der Waals surface area contributed by atoms with Crippen LogP contribution in [0, 0.1) is 13.8 Å². The molecule has 0 radical (unpaired) electrons. The molecule has 0 aliphatic carbocycles. The van der Waals surface area contributed by atoms with Gasteiger partial charge in [0.15, 0.2) is 5.78 Å². The maximum absolute atomic E-state index is 12.5. The number of carbonyl (C=O) groups is 3. The molecule has 6 nitrogen and oxygen atoms in total. The first-order chi connectivity index (χ1) is 11.3. The fraction of sp³-hybridized carbons (Fsp3) is 0.278. The molecule has 2 N–H and O–H groups in total. The number of carbonyl (C=O) groups excluding carboxylic acids is 3. The molecule has 0 unspecified atom stereocenters. The number of esters is 1. The minimum absolute atomic E-state index is 0.0930. The average molecular weight is 328 g/mol. The minimum atomic E-state index is -0.445. The third-order valence-corrected chi connectivity index (χ3v) is 3.65. The third kappa shape index (κ3) is 3.53. The summed E-state index contributed by atoms with van der Waals surface area (Å²) >= 11 is 0. The summed E-state index contributed by atoms with van der Waals surface area (Å²) in [6.45, 7) is 6.95. The van der Waals surface area contributed by atoms with Gasteiger partial charge < -0.3 is 15.0 Å². The molecule has 0 aliphatic heterocycles. The van der Waals surface area contributed by atoms with Gasteiger partial charge >= 0.3 is 5.97 Å². The number of ether oxygens (including phenoxy) is 1. The van der Waals surface area contributed by atoms with Gasteiger partial charge in [-0.3, -0.25) is 9.59 Å². The molecular formula is C18H20N2O4. The Kier molecular flexibility index (Phi) is 5.18. The van der Waals surface area contributed by atoms with E-state index in [1.54, 1.807) is 45.0 Å². The largest absolute Gasteiger partial charge is 0.462 e. The van der Waals surface area contributed by atoms with Crippen LogP contribution in [0.5, 0.6) is 0 Å². The molecule has 1 heterocycles. The van der Waals surface area contributed by atoms with Crippen LogP contribution in [0.2, 0.25) is 0 Å². The van der Waals surface area contributed by atoms with Crippen molar-refractivity contribution in [3.8, 4) is 0 Å². The number of anilines is 1. The monoisotopic (exact) mass is 328 g/mol. The lowest BCUT2D eigenvalue weighted by atomic mass is 10.1. The normalized spacial score (nSPS) is 10.3. The van der Waals surface area contributed by atoms with E-state index in [9.17, 15) is 14.4 Å². The topological polar surface area (TPSA) is 88.3 Å². The van der Waals surface area contributed by atoms with Gasteiger partial charge in [0, 0.05) is 16.9 Å². The van der Waals surface area contributed by atoms with Gasteiger partial charge in [-0.2, -0.15) is 0 Å². The molecule has 24 heavy (non-hydrogen) atoms. The number of aromatic nitrogens is 1. The molecule has 0 saturated heterocycles. The first-order valence-corrected chi connectivity index (χ1v) is 7.63. The zero-order valence-corrected chi connectivity index (χ0v) is 14.1. The molecule has 0 aliphatic rings. The molecule has 2 aromatic rings. The minimum Gasteiger partial charge on any atom is -0.462 e. The maximum atomic E-state index is 12.5. The Morgan fingerprint density at radius 2 is 1.92 bits per heavy atom. The molecule has 1 aromatic carbocycles. The predicted molar refractivity (Wildman–Crippen MR) is 90.6 cm³/mol. The molecular weight excluding hydrogens is 308 g/mol. The highest BCUT2D eigenvalue weighted by molar-refractivity contribution is 6.08. The van der Waals surface area contributed by atoms with Gasteiger partial charge in [-0.1, -0.05) is 6.07 Å². The molecule has 126 valence electrons. The second-order valence-corrected chi connectivity index (χ2v) is 5.44. The number of Topliss-reactive ketones (excluding diaryl/α,β-unsaturated/α-hetero) is 1. The second kappa shape index (κ2) is 7.12. The molecule has 2 rings (SSSR count). The number of hydrogen-bond acceptors (Lipinski definition) is 4. The average Bonchev–Trinajstić information content (AvgIpc) is 2.82. The van der Waals surface area contributed by atoms with E-state index in [0.29, 0.717) is 33.8 Å². The number of ketones is 1. The van der Waals surface area contributed by atoms with Crippen LogP contribution in [0.3, 0.4) is 0 Å². The fourth-order valence-electron chi connectivity index (χ4n) is 2.64. The van der Waals surface area contributed by atoms with Crippen molar-refractivity contribution in [2.24, 2.45) is 0 Å². The maximum Gasteiger partial charge on any atom is 0.338 e. The molecule has 6 heteroatoms. The number of aryl methyl sites for hydroxylation is 1. The Hall–Kier alpha value is -2.89. The smallest absolute Gasteiger partial charge is 0.338 e. The molecule has 1 amide bonds. The van der Waals surface area contributed by atoms with E-state index in [-0.39, 0.29) is 18.3 Å². The lowest BCUT2D eigenvalue weighted by Crippen LogP contribution is -2.14. The quantitative estimate of drug-likeness (QED) is 0.651. The van der Waals surface area contributed by atoms with Crippen molar-refractivity contribution in [1.29, 1.82) is 0 Å². The van der Waals surface area contributed by atoms with E-state index < -0.39 is 5.97 Å². The Labute approximate surface area is 140 Å². The Morgan fingerprint density at radius 3 is 2.50 bits per heavy atom. The number of nitrogens with one attached hydrogen (secondary N) is 2. The van der Waals surface area contributed by atoms with Gasteiger partial charge in [-0.05, 0) is 51.5 Å². The zero-order valence-electron chi connectivity index (χ0n) is 14.1. The summed E-state index contributed by atoms with van der Waals surface area (Å²) in [7, 11) is 0. The van der Waals surface area contributed by atoms with Crippen LogP contribution in [-0.4, -0.2) is 29.3 Å². The fourth-order valence-corrected chi connectivity index (χ4v) is 2.64. The van der Waals surface area contributed by atoms with Crippen LogP contribution in [0.25, 0.3) is 0 Å². The van der Waals surface area contributed by atoms with E-state index in [0.717, 1.165) is 0 Å². The Morgan fingerprint density at radius 1 is 1.21 bits per heavy atom. The number of hydrogen-bond donors (Lipinski definition) is 2. The van der Waals surface area contributed by atoms with Gasteiger partial charge in [-0.25, -0.2) is 4.79 Å². The second-order valence-electron chi connectivity index (χ2n) is 5.44. The standard InChI is InChI=1S/C18H20N2O4/c1-5-24-18(23)13-7-6-8-14(9-13)20-17(22)16-10(2)15(12(4)21)11(3)19-16/h6-9,19H,5H2,1-4H3,(H,20,22). The summed E-state index contributed by atoms with van der Waals surface area (Å²) in [4.78, 5) is 38.8. The Bertz CT molecular complexity index is 805. The van der Waals surface area contributed by atoms with Crippen molar-refractivity contribution in [2.45, 2.75) is 27.7 Å². The summed E-state index contributed by atoms with van der Waals surface area (Å²) in [5.74, 6) is -0.909. The highest BCUT2D eigenvalue weighted by Crippen LogP contribution is 2.20. The van der Waals surface area contributed by atoms with Crippen LogP contribution in [0.15, 0.2) is 24.3 Å². The summed E-state index contributed by atoms with van der Waals surface area (Å²) < 4.78 is 4.94. The first-order valence-electron chi connectivity index (χ1n) is 7.63. The van der Waals surface area contributed by atoms with Crippen LogP contribution >= 0.6 is 0 Å². The number of amides is 1. The molecule has 0 atom stereocenters. The van der Waals surface area contributed by atoms with E-state index in [4.69, 9.17) is 4.74 Å². The third-order valence-electron chi connectivity index (χ3n) is 3.65. The van der Waals surface area contributed by atoms with Gasteiger partial charge in [0.2, 0.25) is 0 Å². The highest BCUT2D eigenvalue weighted by Gasteiger charge is 2.20. The van der Waals surface area contributed by atoms with Crippen molar-refractivity contribution in [3.63, 3.8) is 0 Å². The molecule has 0 bridgehead atoms. The van der Waals surface area contributed by atoms with Crippen LogP contribution in [0.1, 0.15) is 56.3 Å². The number of aromatic amines is 1. The van der Waals surface area contributed by atoms with Gasteiger partial charge in [0.25, 0.3) is 5.91 Å². The van der Waals surface area contributed by atoms with Crippen LogP contribution < -0.4 is 5.32 Å². The molecule has 1 aromatic heterocycles. The summed E-state index contributed by atoms with van der Waals surface area (Å²) in [6, 6.07) is 6.51. The lowest BCUT2D eigenvalue weighted by molar-refractivity contribution is 0.0526. The summed E-state index contributed by atoms with van der Waals surface area (Å²) in [5, 5.41) is 2.73. The van der Waals surface area contributed by atoms with E-state index in [2.05, 4.69) is 10.3 Å². The van der Waals surface area contributed by atoms with E-state index >= 15 is 0 Å². The molecule has 0 spiro atoms. The lowest BCUT2D eigenvalue weighted by Gasteiger charge is -2.07. The molecule has 0 saturated carbocycles.